The molecule has 0 atom stereocenters. The number of carbonyl (C=O) groups is 1. The third kappa shape index (κ3) is 6.03. The fourth-order valence-corrected chi connectivity index (χ4v) is 4.71. The maximum Gasteiger partial charge on any atom is 0.341 e. The van der Waals surface area contributed by atoms with Crippen LogP contribution < -0.4 is 8.85 Å². The molecule has 0 saturated heterocycles. The smallest absolute Gasteiger partial charge is 0.341 e. The van der Waals surface area contributed by atoms with E-state index in [1.807, 2.05) is 37.8 Å². The molecule has 2 rings (SSSR count). The van der Waals surface area contributed by atoms with Crippen molar-refractivity contribution in [1.82, 2.24) is 4.98 Å². The molecule has 26 heavy (non-hydrogen) atoms. The minimum atomic E-state index is -1.95. The first kappa shape index (κ1) is 20.8. The van der Waals surface area contributed by atoms with E-state index >= 15 is 0 Å². The highest BCUT2D eigenvalue weighted by atomic mass is 28.4. The zero-order valence-corrected chi connectivity index (χ0v) is 20.4. The number of aromatic nitrogens is 1. The molecule has 0 aliphatic heterocycles. The molecule has 0 radical (unpaired) electrons. The highest BCUT2D eigenvalue weighted by molar-refractivity contribution is 6.71. The number of nitrogens with one attached hydrogen (secondary N) is 1. The van der Waals surface area contributed by atoms with Gasteiger partial charge in [-0.15, -0.1) is 0 Å². The summed E-state index contributed by atoms with van der Waals surface area (Å²) in [5, 5.41) is 0.920. The highest BCUT2D eigenvalue weighted by Gasteiger charge is 2.25. The monoisotopic (exact) mass is 409 g/mol. The molecule has 0 aliphatic carbocycles. The van der Waals surface area contributed by atoms with Gasteiger partial charge in [0.05, 0.1) is 0 Å². The second-order valence-corrected chi connectivity index (χ2v) is 22.8. The van der Waals surface area contributed by atoms with Gasteiger partial charge in [-0.05, 0) is 71.1 Å². The third-order valence-electron chi connectivity index (χ3n) is 3.14. The Kier molecular flexibility index (Phi) is 5.51. The molecule has 0 spiro atoms. The normalized spacial score (nSPS) is 13.0. The van der Waals surface area contributed by atoms with Gasteiger partial charge < -0.3 is 18.3 Å². The summed E-state index contributed by atoms with van der Waals surface area (Å²) in [4.78, 5) is 15.6. The van der Waals surface area contributed by atoms with Gasteiger partial charge >= 0.3 is 5.97 Å². The van der Waals surface area contributed by atoms with Crippen molar-refractivity contribution in [2.45, 2.75) is 58.9 Å². The van der Waals surface area contributed by atoms with Crippen molar-refractivity contribution >= 4 is 41.8 Å². The Bertz CT molecular complexity index is 758. The Morgan fingerprint density at radius 1 is 0.769 bits per heavy atom. The van der Waals surface area contributed by atoms with E-state index in [2.05, 4.69) is 44.3 Å². The van der Waals surface area contributed by atoms with Crippen LogP contribution in [0.1, 0.15) is 10.5 Å². The lowest BCUT2D eigenvalue weighted by atomic mass is 10.2. The first-order valence-corrected chi connectivity index (χ1v) is 19.1. The zero-order chi connectivity index (χ0) is 19.9. The van der Waals surface area contributed by atoms with Crippen LogP contribution in [0.3, 0.4) is 0 Å². The fourth-order valence-electron chi connectivity index (χ4n) is 2.40. The maximum absolute atomic E-state index is 12.4. The summed E-state index contributed by atoms with van der Waals surface area (Å²) in [5.41, 5.74) is 1.32. The average molecular weight is 410 g/mol. The fraction of sp³-hybridized carbons (Fsp3) is 0.500. The molecule has 5 nitrogen and oxygen atoms in total. The van der Waals surface area contributed by atoms with Gasteiger partial charge in [0.25, 0.3) is 0 Å². The van der Waals surface area contributed by atoms with Gasteiger partial charge in [-0.25, -0.2) is 4.79 Å². The molecule has 1 N–H and O–H groups in total. The van der Waals surface area contributed by atoms with E-state index in [9.17, 15) is 4.79 Å². The molecule has 2 aromatic rings. The number of hydrogen-bond acceptors (Lipinski definition) is 4. The number of fused-ring (bicyclic) bond motifs is 1. The highest BCUT2D eigenvalue weighted by Crippen LogP contribution is 2.36. The third-order valence-corrected chi connectivity index (χ3v) is 5.60. The van der Waals surface area contributed by atoms with E-state index in [4.69, 9.17) is 13.3 Å². The van der Waals surface area contributed by atoms with Gasteiger partial charge in [0, 0.05) is 17.0 Å². The lowest BCUT2D eigenvalue weighted by Gasteiger charge is -2.25. The molecule has 0 bridgehead atoms. The van der Waals surface area contributed by atoms with Crippen molar-refractivity contribution in [3.63, 3.8) is 0 Å². The van der Waals surface area contributed by atoms with Gasteiger partial charge in [-0.3, -0.25) is 0 Å². The summed E-state index contributed by atoms with van der Waals surface area (Å²) in [6.45, 7) is 18.8. The SMILES string of the molecule is C[Si](C)(C)OC(=O)c1cc2cc(O[Si](C)(C)C)c(O[Si](C)(C)C)cc2[nH]1. The molecular formula is C18H31NO4Si3. The Balaban J connectivity index is 2.48. The number of aromatic amines is 1. The second-order valence-electron chi connectivity index (χ2n) is 9.50. The molecule has 0 saturated carbocycles. The van der Waals surface area contributed by atoms with Crippen LogP contribution in [0.15, 0.2) is 18.2 Å². The summed E-state index contributed by atoms with van der Waals surface area (Å²) in [6.07, 6.45) is 0. The number of rotatable bonds is 6. The lowest BCUT2D eigenvalue weighted by molar-refractivity contribution is 0.0719. The van der Waals surface area contributed by atoms with Crippen LogP contribution in [0, 0.1) is 0 Å². The van der Waals surface area contributed by atoms with E-state index in [1.165, 1.54) is 0 Å². The molecule has 0 aliphatic rings. The first-order chi connectivity index (χ1) is 11.6. The first-order valence-electron chi connectivity index (χ1n) is 8.91. The molecule has 0 fully saturated rings. The van der Waals surface area contributed by atoms with Crippen molar-refractivity contribution in [3.05, 3.63) is 23.9 Å². The summed E-state index contributed by atoms with van der Waals surface area (Å²) >= 11 is 0. The Hall–Kier alpha value is -1.52. The van der Waals surface area contributed by atoms with E-state index in [0.717, 1.165) is 22.4 Å². The Morgan fingerprint density at radius 3 is 1.73 bits per heavy atom. The minimum absolute atomic E-state index is 0.305. The van der Waals surface area contributed by atoms with E-state index in [1.54, 1.807) is 0 Å². The molecule has 8 heteroatoms. The van der Waals surface area contributed by atoms with E-state index in [-0.39, 0.29) is 5.97 Å². The molecule has 1 heterocycles. The number of benzene rings is 1. The van der Waals surface area contributed by atoms with E-state index in [0.29, 0.717) is 5.69 Å². The quantitative estimate of drug-likeness (QED) is 0.632. The van der Waals surface area contributed by atoms with Crippen LogP contribution in [0.2, 0.25) is 58.9 Å². The summed E-state index contributed by atoms with van der Waals surface area (Å²) < 4.78 is 18.1. The van der Waals surface area contributed by atoms with Crippen LogP contribution >= 0.6 is 0 Å². The molecule has 0 unspecified atom stereocenters. The Labute approximate surface area is 159 Å². The molecule has 0 amide bonds. The van der Waals surface area contributed by atoms with Crippen LogP contribution in [0.5, 0.6) is 11.5 Å². The topological polar surface area (TPSA) is 60.6 Å². The van der Waals surface area contributed by atoms with Crippen LogP contribution in [-0.2, 0) is 4.43 Å². The Morgan fingerprint density at radius 2 is 1.27 bits per heavy atom. The minimum Gasteiger partial charge on any atom is -0.542 e. The van der Waals surface area contributed by atoms with E-state index < -0.39 is 25.0 Å². The lowest BCUT2D eigenvalue weighted by Crippen LogP contribution is -2.32. The molecule has 1 aromatic carbocycles. The van der Waals surface area contributed by atoms with Crippen LogP contribution in [0.25, 0.3) is 10.9 Å². The number of carbonyl (C=O) groups excluding carboxylic acids is 1. The predicted octanol–water partition coefficient (Wildman–Crippen LogP) is 5.59. The van der Waals surface area contributed by atoms with Gasteiger partial charge in [0.15, 0.2) is 0 Å². The molecule has 1 aromatic heterocycles. The standard InChI is InChI=1S/C18H31NO4Si3/c1-24(2,3)21-16-11-13-10-15(18(20)23-26(7,8)9)19-14(13)12-17(16)22-25(4,5)6/h10-12,19H,1-9H3. The molecular weight excluding hydrogens is 378 g/mol. The maximum atomic E-state index is 12.4. The van der Waals surface area contributed by atoms with Crippen molar-refractivity contribution in [2.24, 2.45) is 0 Å². The number of H-pyrrole nitrogens is 1. The van der Waals surface area contributed by atoms with Crippen molar-refractivity contribution in [1.29, 1.82) is 0 Å². The van der Waals surface area contributed by atoms with Gasteiger partial charge in [-0.2, -0.15) is 0 Å². The number of hydrogen-bond donors (Lipinski definition) is 1. The van der Waals surface area contributed by atoms with Crippen LogP contribution in [0.4, 0.5) is 0 Å². The van der Waals surface area contributed by atoms with Gasteiger partial charge in [-0.1, -0.05) is 0 Å². The summed E-state index contributed by atoms with van der Waals surface area (Å²) in [6, 6.07) is 5.73. The zero-order valence-electron chi connectivity index (χ0n) is 17.4. The van der Waals surface area contributed by atoms with Gasteiger partial charge in [0.1, 0.15) is 17.2 Å². The van der Waals surface area contributed by atoms with Crippen molar-refractivity contribution in [3.8, 4) is 11.5 Å². The summed E-state index contributed by atoms with van der Waals surface area (Å²) in [5.74, 6) is 1.19. The second kappa shape index (κ2) is 6.90. The van der Waals surface area contributed by atoms with Crippen molar-refractivity contribution in [2.75, 3.05) is 0 Å². The summed E-state index contributed by atoms with van der Waals surface area (Å²) in [7, 11) is -5.55. The van der Waals surface area contributed by atoms with Crippen LogP contribution in [-0.4, -0.2) is 35.9 Å². The van der Waals surface area contributed by atoms with Gasteiger partial charge in [0.2, 0.25) is 25.0 Å². The average Bonchev–Trinajstić information content (AvgIpc) is 2.76. The predicted molar refractivity (Wildman–Crippen MR) is 115 cm³/mol. The molecule has 144 valence electrons. The van der Waals surface area contributed by atoms with Crippen molar-refractivity contribution < 1.29 is 18.1 Å². The largest absolute Gasteiger partial charge is 0.542 e.